The Labute approximate surface area is 119 Å². The van der Waals surface area contributed by atoms with E-state index in [1.54, 1.807) is 0 Å². The maximum atomic E-state index is 5.95. The molecule has 106 valence electrons. The molecule has 2 aromatic rings. The lowest BCUT2D eigenvalue weighted by atomic mass is 10.1. The van der Waals surface area contributed by atoms with Gasteiger partial charge in [0.15, 0.2) is 0 Å². The highest BCUT2D eigenvalue weighted by atomic mass is 16.5. The summed E-state index contributed by atoms with van der Waals surface area (Å²) in [7, 11) is 0. The number of nitrogens with zero attached hydrogens (tertiary/aromatic N) is 1. The molecule has 0 aliphatic carbocycles. The molecule has 4 heteroatoms. The standard InChI is InChI=1S/C16H20N2O2/c1-4-19-13-6-5-7-14(9-13)20-16-8-11(2)18-12(3)15(16)10-17/h5-9H,4,10,17H2,1-3H3. The van der Waals surface area contributed by atoms with Gasteiger partial charge in [-0.1, -0.05) is 6.07 Å². The van der Waals surface area contributed by atoms with Crippen LogP contribution >= 0.6 is 0 Å². The van der Waals surface area contributed by atoms with Crippen LogP contribution in [0.1, 0.15) is 23.9 Å². The minimum atomic E-state index is 0.402. The molecule has 1 heterocycles. The number of aromatic nitrogens is 1. The van der Waals surface area contributed by atoms with Crippen LogP contribution < -0.4 is 15.2 Å². The molecule has 1 aromatic heterocycles. The minimum Gasteiger partial charge on any atom is -0.494 e. The van der Waals surface area contributed by atoms with Crippen LogP contribution in [0.3, 0.4) is 0 Å². The average molecular weight is 272 g/mol. The molecule has 1 aromatic carbocycles. The molecule has 2 N–H and O–H groups in total. The van der Waals surface area contributed by atoms with Gasteiger partial charge in [0.05, 0.1) is 6.61 Å². The predicted molar refractivity (Wildman–Crippen MR) is 79.3 cm³/mol. The van der Waals surface area contributed by atoms with Crippen molar-refractivity contribution in [1.82, 2.24) is 4.98 Å². The summed E-state index contributed by atoms with van der Waals surface area (Å²) in [6, 6.07) is 9.48. The van der Waals surface area contributed by atoms with E-state index in [4.69, 9.17) is 15.2 Å². The van der Waals surface area contributed by atoms with Gasteiger partial charge in [0.2, 0.25) is 0 Å². The Balaban J connectivity index is 2.32. The topological polar surface area (TPSA) is 57.4 Å². The van der Waals surface area contributed by atoms with Crippen molar-refractivity contribution >= 4 is 0 Å². The Morgan fingerprint density at radius 2 is 1.90 bits per heavy atom. The van der Waals surface area contributed by atoms with E-state index in [-0.39, 0.29) is 0 Å². The first-order valence-electron chi connectivity index (χ1n) is 6.72. The molecular formula is C16H20N2O2. The number of nitrogens with two attached hydrogens (primary N) is 1. The molecule has 0 aliphatic heterocycles. The van der Waals surface area contributed by atoms with Crippen molar-refractivity contribution < 1.29 is 9.47 Å². The minimum absolute atomic E-state index is 0.402. The lowest BCUT2D eigenvalue weighted by molar-refractivity contribution is 0.338. The van der Waals surface area contributed by atoms with Gasteiger partial charge < -0.3 is 15.2 Å². The molecule has 20 heavy (non-hydrogen) atoms. The number of pyridine rings is 1. The van der Waals surface area contributed by atoms with E-state index in [9.17, 15) is 0 Å². The molecule has 0 fully saturated rings. The molecule has 2 rings (SSSR count). The van der Waals surface area contributed by atoms with Crippen molar-refractivity contribution in [3.05, 3.63) is 47.3 Å². The van der Waals surface area contributed by atoms with Gasteiger partial charge in [0.1, 0.15) is 17.2 Å². The largest absolute Gasteiger partial charge is 0.494 e. The van der Waals surface area contributed by atoms with Gasteiger partial charge in [0, 0.05) is 35.6 Å². The highest BCUT2D eigenvalue weighted by Crippen LogP contribution is 2.29. The van der Waals surface area contributed by atoms with Gasteiger partial charge in [-0.3, -0.25) is 4.98 Å². The molecule has 0 radical (unpaired) electrons. The van der Waals surface area contributed by atoms with Crippen molar-refractivity contribution in [3.8, 4) is 17.2 Å². The fourth-order valence-electron chi connectivity index (χ4n) is 2.08. The Hall–Kier alpha value is -2.07. The molecule has 0 unspecified atom stereocenters. The quantitative estimate of drug-likeness (QED) is 0.906. The molecule has 4 nitrogen and oxygen atoms in total. The summed E-state index contributed by atoms with van der Waals surface area (Å²) in [5.41, 5.74) is 8.53. The summed E-state index contributed by atoms with van der Waals surface area (Å²) < 4.78 is 11.4. The molecule has 0 bridgehead atoms. The molecule has 0 atom stereocenters. The zero-order chi connectivity index (χ0) is 14.5. The van der Waals surface area contributed by atoms with Crippen LogP contribution in [0.2, 0.25) is 0 Å². The van der Waals surface area contributed by atoms with E-state index in [1.165, 1.54) is 0 Å². The molecular weight excluding hydrogens is 252 g/mol. The second-order valence-corrected chi connectivity index (χ2v) is 4.54. The lowest BCUT2D eigenvalue weighted by Crippen LogP contribution is -2.05. The summed E-state index contributed by atoms with van der Waals surface area (Å²) in [5, 5.41) is 0. The van der Waals surface area contributed by atoms with E-state index >= 15 is 0 Å². The van der Waals surface area contributed by atoms with Crippen LogP contribution in [0, 0.1) is 13.8 Å². The van der Waals surface area contributed by atoms with Gasteiger partial charge in [0.25, 0.3) is 0 Å². The fraction of sp³-hybridized carbons (Fsp3) is 0.312. The molecule has 0 aliphatic rings. The van der Waals surface area contributed by atoms with E-state index in [1.807, 2.05) is 51.1 Å². The van der Waals surface area contributed by atoms with Gasteiger partial charge in [-0.15, -0.1) is 0 Å². The first-order valence-corrected chi connectivity index (χ1v) is 6.72. The smallest absolute Gasteiger partial charge is 0.135 e. The number of hydrogen-bond acceptors (Lipinski definition) is 4. The normalized spacial score (nSPS) is 10.4. The van der Waals surface area contributed by atoms with Gasteiger partial charge in [-0.05, 0) is 32.9 Å². The summed E-state index contributed by atoms with van der Waals surface area (Å²) >= 11 is 0. The van der Waals surface area contributed by atoms with Crippen LogP contribution in [0.25, 0.3) is 0 Å². The molecule has 0 saturated carbocycles. The summed E-state index contributed by atoms with van der Waals surface area (Å²) in [6.07, 6.45) is 0. The van der Waals surface area contributed by atoms with Crippen LogP contribution in [0.15, 0.2) is 30.3 Å². The van der Waals surface area contributed by atoms with Gasteiger partial charge in [-0.2, -0.15) is 0 Å². The second kappa shape index (κ2) is 6.39. The number of ether oxygens (including phenoxy) is 2. The monoisotopic (exact) mass is 272 g/mol. The van der Waals surface area contributed by atoms with E-state index < -0.39 is 0 Å². The van der Waals surface area contributed by atoms with Crippen molar-refractivity contribution in [2.45, 2.75) is 27.3 Å². The maximum absolute atomic E-state index is 5.95. The summed E-state index contributed by atoms with van der Waals surface area (Å²) in [4.78, 5) is 4.41. The highest BCUT2D eigenvalue weighted by Gasteiger charge is 2.09. The second-order valence-electron chi connectivity index (χ2n) is 4.54. The molecule has 0 saturated heterocycles. The number of aryl methyl sites for hydroxylation is 2. The molecule has 0 amide bonds. The summed E-state index contributed by atoms with van der Waals surface area (Å²) in [5.74, 6) is 2.28. The van der Waals surface area contributed by atoms with Crippen molar-refractivity contribution in [1.29, 1.82) is 0 Å². The number of rotatable bonds is 5. The number of hydrogen-bond donors (Lipinski definition) is 1. The van der Waals surface area contributed by atoms with E-state index in [0.29, 0.717) is 13.2 Å². The van der Waals surface area contributed by atoms with Crippen LogP contribution in [-0.2, 0) is 6.54 Å². The summed E-state index contributed by atoms with van der Waals surface area (Å²) in [6.45, 7) is 6.87. The van der Waals surface area contributed by atoms with Gasteiger partial charge in [-0.25, -0.2) is 0 Å². The van der Waals surface area contributed by atoms with Crippen LogP contribution in [-0.4, -0.2) is 11.6 Å². The number of benzene rings is 1. The predicted octanol–water partition coefficient (Wildman–Crippen LogP) is 3.35. The SMILES string of the molecule is CCOc1cccc(Oc2cc(C)nc(C)c2CN)c1. The third kappa shape index (κ3) is 3.27. The Morgan fingerprint density at radius 3 is 2.60 bits per heavy atom. The van der Waals surface area contributed by atoms with Crippen LogP contribution in [0.4, 0.5) is 0 Å². The Kier molecular flexibility index (Phi) is 4.58. The Bertz CT molecular complexity index is 597. The van der Waals surface area contributed by atoms with Crippen LogP contribution in [0.5, 0.6) is 17.2 Å². The first-order chi connectivity index (χ1) is 9.63. The van der Waals surface area contributed by atoms with Crippen molar-refractivity contribution in [3.63, 3.8) is 0 Å². The van der Waals surface area contributed by atoms with E-state index in [2.05, 4.69) is 4.98 Å². The first kappa shape index (κ1) is 14.3. The third-order valence-corrected chi connectivity index (χ3v) is 2.97. The highest BCUT2D eigenvalue weighted by molar-refractivity contribution is 5.42. The lowest BCUT2D eigenvalue weighted by Gasteiger charge is -2.13. The fourth-order valence-corrected chi connectivity index (χ4v) is 2.08. The van der Waals surface area contributed by atoms with Crippen molar-refractivity contribution in [2.24, 2.45) is 5.73 Å². The third-order valence-electron chi connectivity index (χ3n) is 2.97. The Morgan fingerprint density at radius 1 is 1.15 bits per heavy atom. The van der Waals surface area contributed by atoms with Gasteiger partial charge >= 0.3 is 0 Å². The maximum Gasteiger partial charge on any atom is 0.135 e. The van der Waals surface area contributed by atoms with E-state index in [0.717, 1.165) is 34.2 Å². The average Bonchev–Trinajstić information content (AvgIpc) is 2.39. The zero-order valence-corrected chi connectivity index (χ0v) is 12.1. The molecule has 0 spiro atoms. The zero-order valence-electron chi connectivity index (χ0n) is 12.1. The van der Waals surface area contributed by atoms with Crippen molar-refractivity contribution in [2.75, 3.05) is 6.61 Å².